The number of carbonyl (C=O) groups excluding carboxylic acids is 3. The van der Waals surface area contributed by atoms with Crippen LogP contribution < -0.4 is 15.4 Å². The zero-order valence-electron chi connectivity index (χ0n) is 16.0. The number of nitrogens with one attached hydrogen (secondary N) is 2. The lowest BCUT2D eigenvalue weighted by molar-refractivity contribution is -0.135. The van der Waals surface area contributed by atoms with Crippen LogP contribution >= 0.6 is 0 Å². The SMILES string of the molecule is CCC(C)NC(=O)CN1C(=O)NC(CC)(c2ccc(OC)c(C)c2)C1=O. The maximum atomic E-state index is 13.1. The van der Waals surface area contributed by atoms with Gasteiger partial charge in [0.15, 0.2) is 0 Å². The van der Waals surface area contributed by atoms with Crippen molar-refractivity contribution in [3.05, 3.63) is 29.3 Å². The number of imide groups is 1. The van der Waals surface area contributed by atoms with Crippen LogP contribution in [0, 0.1) is 6.92 Å². The van der Waals surface area contributed by atoms with Crippen molar-refractivity contribution in [3.63, 3.8) is 0 Å². The molecule has 1 aliphatic rings. The summed E-state index contributed by atoms with van der Waals surface area (Å²) in [5.74, 6) is -0.0453. The molecule has 0 aliphatic carbocycles. The van der Waals surface area contributed by atoms with Gasteiger partial charge in [0.1, 0.15) is 17.8 Å². The number of nitrogens with zero attached hydrogens (tertiary/aromatic N) is 1. The van der Waals surface area contributed by atoms with E-state index in [0.717, 1.165) is 16.9 Å². The Hall–Kier alpha value is -2.57. The first-order valence-corrected chi connectivity index (χ1v) is 8.87. The third-order valence-corrected chi connectivity index (χ3v) is 4.92. The van der Waals surface area contributed by atoms with Crippen LogP contribution in [0.2, 0.25) is 0 Å². The van der Waals surface area contributed by atoms with Crippen LogP contribution in [0.4, 0.5) is 4.79 Å². The van der Waals surface area contributed by atoms with Crippen molar-refractivity contribution in [3.8, 4) is 5.75 Å². The predicted octanol–water partition coefficient (Wildman–Crippen LogP) is 2.08. The number of aryl methyl sites for hydroxylation is 1. The van der Waals surface area contributed by atoms with Crippen molar-refractivity contribution in [2.45, 2.75) is 52.1 Å². The summed E-state index contributed by atoms with van der Waals surface area (Å²) in [4.78, 5) is 38.6. The molecule has 1 aromatic carbocycles. The summed E-state index contributed by atoms with van der Waals surface area (Å²) in [5, 5.41) is 5.56. The minimum Gasteiger partial charge on any atom is -0.496 e. The van der Waals surface area contributed by atoms with Crippen LogP contribution in [0.15, 0.2) is 18.2 Å². The van der Waals surface area contributed by atoms with Crippen molar-refractivity contribution in [1.29, 1.82) is 0 Å². The zero-order chi connectivity index (χ0) is 19.5. The highest BCUT2D eigenvalue weighted by Crippen LogP contribution is 2.34. The number of methoxy groups -OCH3 is 1. The van der Waals surface area contributed by atoms with Crippen molar-refractivity contribution >= 4 is 17.8 Å². The van der Waals surface area contributed by atoms with E-state index >= 15 is 0 Å². The van der Waals surface area contributed by atoms with E-state index in [1.165, 1.54) is 0 Å². The molecule has 1 aromatic rings. The number of hydrogen-bond acceptors (Lipinski definition) is 4. The van der Waals surface area contributed by atoms with Gasteiger partial charge in [0.05, 0.1) is 7.11 Å². The summed E-state index contributed by atoms with van der Waals surface area (Å²) < 4.78 is 5.26. The number of carbonyl (C=O) groups is 3. The number of hydrogen-bond donors (Lipinski definition) is 2. The summed E-state index contributed by atoms with van der Waals surface area (Å²) in [6, 6.07) is 4.83. The van der Waals surface area contributed by atoms with Gasteiger partial charge in [-0.2, -0.15) is 0 Å². The molecular weight excluding hydrogens is 334 g/mol. The Bertz CT molecular complexity index is 719. The maximum absolute atomic E-state index is 13.1. The Morgan fingerprint density at radius 1 is 1.35 bits per heavy atom. The first kappa shape index (κ1) is 19.8. The number of ether oxygens (including phenoxy) is 1. The van der Waals surface area contributed by atoms with Gasteiger partial charge in [-0.3, -0.25) is 14.5 Å². The molecule has 1 saturated heterocycles. The maximum Gasteiger partial charge on any atom is 0.325 e. The number of benzene rings is 1. The molecular formula is C19H27N3O4. The first-order valence-electron chi connectivity index (χ1n) is 8.87. The predicted molar refractivity (Wildman–Crippen MR) is 97.8 cm³/mol. The van der Waals surface area contributed by atoms with Gasteiger partial charge in [-0.15, -0.1) is 0 Å². The van der Waals surface area contributed by atoms with Crippen LogP contribution in [0.5, 0.6) is 5.75 Å². The molecule has 2 N–H and O–H groups in total. The molecule has 0 bridgehead atoms. The first-order chi connectivity index (χ1) is 12.3. The molecule has 1 fully saturated rings. The number of rotatable bonds is 7. The van der Waals surface area contributed by atoms with Crippen molar-refractivity contribution in [2.24, 2.45) is 0 Å². The fraction of sp³-hybridized carbons (Fsp3) is 0.526. The highest BCUT2D eigenvalue weighted by atomic mass is 16.5. The van der Waals surface area contributed by atoms with E-state index in [2.05, 4.69) is 10.6 Å². The monoisotopic (exact) mass is 361 g/mol. The van der Waals surface area contributed by atoms with Gasteiger partial charge in [0.2, 0.25) is 5.91 Å². The Kier molecular flexibility index (Phi) is 5.90. The summed E-state index contributed by atoms with van der Waals surface area (Å²) in [6.45, 7) is 7.25. The molecule has 142 valence electrons. The molecule has 1 aliphatic heterocycles. The fourth-order valence-electron chi connectivity index (χ4n) is 3.12. The van der Waals surface area contributed by atoms with Gasteiger partial charge in [0.25, 0.3) is 5.91 Å². The standard InChI is InChI=1S/C19H27N3O4/c1-6-13(4)20-16(23)11-22-17(24)19(7-2,21-18(22)25)14-8-9-15(26-5)12(3)10-14/h8-10,13H,6-7,11H2,1-5H3,(H,20,23)(H,21,25). The topological polar surface area (TPSA) is 87.7 Å². The smallest absolute Gasteiger partial charge is 0.325 e. The Morgan fingerprint density at radius 3 is 2.58 bits per heavy atom. The minimum absolute atomic E-state index is 0.0107. The van der Waals surface area contributed by atoms with Crippen molar-refractivity contribution in [1.82, 2.24) is 15.5 Å². The van der Waals surface area contributed by atoms with Gasteiger partial charge < -0.3 is 15.4 Å². The molecule has 26 heavy (non-hydrogen) atoms. The molecule has 2 unspecified atom stereocenters. The molecule has 0 saturated carbocycles. The van der Waals surface area contributed by atoms with E-state index in [-0.39, 0.29) is 18.5 Å². The van der Waals surface area contributed by atoms with E-state index in [4.69, 9.17) is 4.74 Å². The molecule has 0 aromatic heterocycles. The molecule has 2 rings (SSSR count). The quantitative estimate of drug-likeness (QED) is 0.728. The lowest BCUT2D eigenvalue weighted by Gasteiger charge is -2.26. The summed E-state index contributed by atoms with van der Waals surface area (Å²) >= 11 is 0. The molecule has 0 spiro atoms. The average molecular weight is 361 g/mol. The fourth-order valence-corrected chi connectivity index (χ4v) is 3.12. The number of urea groups is 1. The molecule has 0 radical (unpaired) electrons. The van der Waals surface area contributed by atoms with E-state index < -0.39 is 17.5 Å². The number of amides is 4. The van der Waals surface area contributed by atoms with Crippen LogP contribution in [0.1, 0.15) is 44.7 Å². The normalized spacial score (nSPS) is 20.7. The van der Waals surface area contributed by atoms with E-state index in [9.17, 15) is 14.4 Å². The van der Waals surface area contributed by atoms with Crippen molar-refractivity contribution in [2.75, 3.05) is 13.7 Å². The van der Waals surface area contributed by atoms with Crippen LogP contribution in [-0.2, 0) is 15.1 Å². The van der Waals surface area contributed by atoms with E-state index in [1.54, 1.807) is 19.2 Å². The largest absolute Gasteiger partial charge is 0.496 e. The van der Waals surface area contributed by atoms with Gasteiger partial charge in [-0.1, -0.05) is 19.9 Å². The third-order valence-electron chi connectivity index (χ3n) is 4.92. The van der Waals surface area contributed by atoms with E-state index in [1.807, 2.05) is 33.8 Å². The second kappa shape index (κ2) is 7.76. The summed E-state index contributed by atoms with van der Waals surface area (Å²) in [6.07, 6.45) is 1.16. The molecule has 7 nitrogen and oxygen atoms in total. The summed E-state index contributed by atoms with van der Waals surface area (Å²) in [5.41, 5.74) is 0.388. The Balaban J connectivity index is 2.28. The Morgan fingerprint density at radius 2 is 2.04 bits per heavy atom. The second-order valence-corrected chi connectivity index (χ2v) is 6.64. The molecule has 4 amide bonds. The zero-order valence-corrected chi connectivity index (χ0v) is 16.0. The highest BCUT2D eigenvalue weighted by molar-refractivity contribution is 6.09. The lowest BCUT2D eigenvalue weighted by atomic mass is 9.86. The Labute approximate surface area is 154 Å². The van der Waals surface area contributed by atoms with Crippen LogP contribution in [0.25, 0.3) is 0 Å². The summed E-state index contributed by atoms with van der Waals surface area (Å²) in [7, 11) is 1.58. The van der Waals surface area contributed by atoms with Gasteiger partial charge in [-0.25, -0.2) is 4.79 Å². The third kappa shape index (κ3) is 3.52. The van der Waals surface area contributed by atoms with E-state index in [0.29, 0.717) is 17.7 Å². The van der Waals surface area contributed by atoms with Crippen LogP contribution in [0.3, 0.4) is 0 Å². The molecule has 7 heteroatoms. The van der Waals surface area contributed by atoms with Gasteiger partial charge >= 0.3 is 6.03 Å². The highest BCUT2D eigenvalue weighted by Gasteiger charge is 2.51. The van der Waals surface area contributed by atoms with Crippen LogP contribution in [-0.4, -0.2) is 42.4 Å². The lowest BCUT2D eigenvalue weighted by Crippen LogP contribution is -2.45. The molecule has 1 heterocycles. The minimum atomic E-state index is -1.16. The van der Waals surface area contributed by atoms with Gasteiger partial charge in [-0.05, 0) is 49.9 Å². The van der Waals surface area contributed by atoms with Crippen molar-refractivity contribution < 1.29 is 19.1 Å². The average Bonchev–Trinajstić information content (AvgIpc) is 2.86. The molecule has 2 atom stereocenters. The second-order valence-electron chi connectivity index (χ2n) is 6.64. The van der Waals surface area contributed by atoms with Gasteiger partial charge in [0, 0.05) is 6.04 Å².